The molecule has 2 aliphatic heterocycles. The molecule has 2 saturated heterocycles. The zero-order chi connectivity index (χ0) is 16.8. The van der Waals surface area contributed by atoms with E-state index < -0.39 is 0 Å². The van der Waals surface area contributed by atoms with Gasteiger partial charge in [0.25, 0.3) is 0 Å². The molecule has 1 unspecified atom stereocenters. The van der Waals surface area contributed by atoms with Crippen molar-refractivity contribution in [2.75, 3.05) is 45.9 Å². The molecular weight excluding hydrogens is 306 g/mol. The molecule has 0 spiro atoms. The van der Waals surface area contributed by atoms with Crippen LogP contribution in [0.1, 0.15) is 26.1 Å². The van der Waals surface area contributed by atoms with Gasteiger partial charge >= 0.3 is 0 Å². The van der Waals surface area contributed by atoms with Crippen molar-refractivity contribution in [1.82, 2.24) is 29.9 Å². The van der Waals surface area contributed by atoms with Gasteiger partial charge in [-0.3, -0.25) is 4.90 Å². The van der Waals surface area contributed by atoms with Crippen LogP contribution in [0.2, 0.25) is 0 Å². The third-order valence-corrected chi connectivity index (χ3v) is 4.77. The molecule has 0 radical (unpaired) electrons. The summed E-state index contributed by atoms with van der Waals surface area (Å²) in [6.45, 7) is 12.4. The van der Waals surface area contributed by atoms with Crippen LogP contribution in [0.3, 0.4) is 0 Å². The average molecular weight is 335 g/mol. The number of rotatable bonds is 5. The van der Waals surface area contributed by atoms with Gasteiger partial charge in [0.2, 0.25) is 0 Å². The number of aryl methyl sites for hydroxylation is 1. The molecule has 2 aliphatic rings. The Hall–Kier alpha value is -1.67. The fourth-order valence-corrected chi connectivity index (χ4v) is 3.41. The molecule has 134 valence electrons. The zero-order valence-electron chi connectivity index (χ0n) is 14.8. The van der Waals surface area contributed by atoms with Gasteiger partial charge in [0, 0.05) is 45.3 Å². The number of nitrogens with zero attached hydrogens (tertiary/aromatic N) is 6. The molecule has 1 aromatic rings. The van der Waals surface area contributed by atoms with Gasteiger partial charge in [-0.2, -0.15) is 0 Å². The number of ether oxygens (including phenoxy) is 1. The maximum Gasteiger partial charge on any atom is 0.194 e. The van der Waals surface area contributed by atoms with Gasteiger partial charge in [0.15, 0.2) is 11.8 Å². The normalized spacial score (nSPS) is 23.0. The topological polar surface area (TPSA) is 70.8 Å². The van der Waals surface area contributed by atoms with E-state index >= 15 is 0 Å². The summed E-state index contributed by atoms with van der Waals surface area (Å²) in [5.41, 5.74) is 0. The summed E-state index contributed by atoms with van der Waals surface area (Å²) >= 11 is 0. The first-order valence-electron chi connectivity index (χ1n) is 9.03. The van der Waals surface area contributed by atoms with Gasteiger partial charge in [0.1, 0.15) is 12.9 Å². The van der Waals surface area contributed by atoms with E-state index in [0.717, 1.165) is 64.3 Å². The van der Waals surface area contributed by atoms with Crippen molar-refractivity contribution >= 4 is 5.96 Å². The Morgan fingerprint density at radius 2 is 2.17 bits per heavy atom. The first kappa shape index (κ1) is 17.2. The number of guanidine groups is 1. The minimum absolute atomic E-state index is 0.564. The maximum absolute atomic E-state index is 5.47. The predicted molar refractivity (Wildman–Crippen MR) is 92.9 cm³/mol. The van der Waals surface area contributed by atoms with Crippen molar-refractivity contribution in [3.63, 3.8) is 0 Å². The number of morpholine rings is 1. The molecular formula is C16H29N7O. The molecule has 3 heterocycles. The smallest absolute Gasteiger partial charge is 0.194 e. The summed E-state index contributed by atoms with van der Waals surface area (Å²) in [6, 6.07) is 0.608. The minimum Gasteiger partial charge on any atom is -0.379 e. The average Bonchev–Trinajstić information content (AvgIpc) is 3.28. The molecule has 1 atom stereocenters. The first-order chi connectivity index (χ1) is 11.8. The number of aromatic nitrogens is 3. The zero-order valence-corrected chi connectivity index (χ0v) is 14.8. The van der Waals surface area contributed by atoms with E-state index in [1.54, 1.807) is 6.33 Å². The van der Waals surface area contributed by atoms with E-state index in [1.807, 2.05) is 4.57 Å². The Labute approximate surface area is 143 Å². The molecule has 0 aliphatic carbocycles. The Kier molecular flexibility index (Phi) is 6.03. The van der Waals surface area contributed by atoms with Crippen LogP contribution in [0.5, 0.6) is 0 Å². The summed E-state index contributed by atoms with van der Waals surface area (Å²) in [4.78, 5) is 9.72. The molecule has 0 saturated carbocycles. The van der Waals surface area contributed by atoms with E-state index in [2.05, 4.69) is 39.2 Å². The van der Waals surface area contributed by atoms with E-state index in [1.165, 1.54) is 6.42 Å². The number of hydrogen-bond donors (Lipinski definition) is 1. The van der Waals surface area contributed by atoms with Gasteiger partial charge in [-0.15, -0.1) is 10.2 Å². The third kappa shape index (κ3) is 4.05. The van der Waals surface area contributed by atoms with Gasteiger partial charge in [0.05, 0.1) is 13.2 Å². The lowest BCUT2D eigenvalue weighted by Gasteiger charge is -2.32. The quantitative estimate of drug-likeness (QED) is 0.611. The Morgan fingerprint density at radius 1 is 1.33 bits per heavy atom. The van der Waals surface area contributed by atoms with E-state index in [9.17, 15) is 0 Å². The fourth-order valence-electron chi connectivity index (χ4n) is 3.41. The highest BCUT2D eigenvalue weighted by Crippen LogP contribution is 2.17. The van der Waals surface area contributed by atoms with E-state index in [0.29, 0.717) is 12.6 Å². The second-order valence-corrected chi connectivity index (χ2v) is 6.24. The van der Waals surface area contributed by atoms with Crippen LogP contribution in [0, 0.1) is 0 Å². The van der Waals surface area contributed by atoms with Crippen molar-refractivity contribution in [1.29, 1.82) is 0 Å². The maximum atomic E-state index is 5.47. The second-order valence-electron chi connectivity index (χ2n) is 6.24. The van der Waals surface area contributed by atoms with Gasteiger partial charge < -0.3 is 19.5 Å². The lowest BCUT2D eigenvalue weighted by Crippen LogP contribution is -2.46. The first-order valence-corrected chi connectivity index (χ1v) is 9.03. The fraction of sp³-hybridized carbons (Fsp3) is 0.812. The van der Waals surface area contributed by atoms with Crippen molar-refractivity contribution < 1.29 is 4.74 Å². The summed E-state index contributed by atoms with van der Waals surface area (Å²) in [5, 5.41) is 11.6. The SMILES string of the molecule is CCNC(=NCc1nncn1CC)N1CCC(N2CCOCC2)C1. The highest BCUT2D eigenvalue weighted by atomic mass is 16.5. The number of nitrogens with one attached hydrogen (secondary N) is 1. The molecule has 1 aromatic heterocycles. The van der Waals surface area contributed by atoms with Gasteiger partial charge in [-0.05, 0) is 20.3 Å². The Balaban J connectivity index is 1.61. The number of aliphatic imine (C=N–C) groups is 1. The largest absolute Gasteiger partial charge is 0.379 e. The van der Waals surface area contributed by atoms with Crippen molar-refractivity contribution in [2.24, 2.45) is 4.99 Å². The molecule has 3 rings (SSSR count). The summed E-state index contributed by atoms with van der Waals surface area (Å²) in [5.74, 6) is 1.90. The summed E-state index contributed by atoms with van der Waals surface area (Å²) in [7, 11) is 0. The molecule has 0 bridgehead atoms. The van der Waals surface area contributed by atoms with Crippen molar-refractivity contribution in [3.05, 3.63) is 12.2 Å². The van der Waals surface area contributed by atoms with Crippen LogP contribution < -0.4 is 5.32 Å². The molecule has 24 heavy (non-hydrogen) atoms. The van der Waals surface area contributed by atoms with Crippen LogP contribution in [-0.4, -0.2) is 82.5 Å². The van der Waals surface area contributed by atoms with Gasteiger partial charge in [-0.25, -0.2) is 4.99 Å². The molecule has 8 nitrogen and oxygen atoms in total. The van der Waals surface area contributed by atoms with Crippen LogP contribution >= 0.6 is 0 Å². The number of hydrogen-bond acceptors (Lipinski definition) is 5. The molecule has 1 N–H and O–H groups in total. The van der Waals surface area contributed by atoms with Crippen molar-refractivity contribution in [2.45, 2.75) is 39.4 Å². The monoisotopic (exact) mass is 335 g/mol. The molecule has 0 aromatic carbocycles. The van der Waals surface area contributed by atoms with Crippen LogP contribution in [0.25, 0.3) is 0 Å². The minimum atomic E-state index is 0.564. The van der Waals surface area contributed by atoms with E-state index in [-0.39, 0.29) is 0 Å². The molecule has 2 fully saturated rings. The standard InChI is InChI=1S/C16H29N7O/c1-3-17-16(18-11-15-20-19-13-21(15)4-2)23-6-5-14(12-23)22-7-9-24-10-8-22/h13-14H,3-12H2,1-2H3,(H,17,18). The summed E-state index contributed by atoms with van der Waals surface area (Å²) in [6.07, 6.45) is 2.96. The Bertz CT molecular complexity index is 538. The molecule has 8 heteroatoms. The Morgan fingerprint density at radius 3 is 2.92 bits per heavy atom. The van der Waals surface area contributed by atoms with Gasteiger partial charge in [-0.1, -0.05) is 0 Å². The van der Waals surface area contributed by atoms with E-state index in [4.69, 9.17) is 9.73 Å². The third-order valence-electron chi connectivity index (χ3n) is 4.77. The predicted octanol–water partition coefficient (Wildman–Crippen LogP) is 0.170. The van der Waals surface area contributed by atoms with Crippen LogP contribution in [-0.2, 0) is 17.8 Å². The lowest BCUT2D eigenvalue weighted by molar-refractivity contribution is 0.0195. The lowest BCUT2D eigenvalue weighted by atomic mass is 10.2. The second kappa shape index (κ2) is 8.43. The number of likely N-dealkylation sites (tertiary alicyclic amines) is 1. The van der Waals surface area contributed by atoms with Crippen LogP contribution in [0.4, 0.5) is 0 Å². The highest BCUT2D eigenvalue weighted by Gasteiger charge is 2.30. The summed E-state index contributed by atoms with van der Waals surface area (Å²) < 4.78 is 7.50. The highest BCUT2D eigenvalue weighted by molar-refractivity contribution is 5.80. The van der Waals surface area contributed by atoms with Crippen LogP contribution in [0.15, 0.2) is 11.3 Å². The molecule has 0 amide bonds. The van der Waals surface area contributed by atoms with Crippen molar-refractivity contribution in [3.8, 4) is 0 Å².